The van der Waals surface area contributed by atoms with E-state index in [1.165, 1.54) is 49.1 Å². The SMILES string of the molecule is CC(C)(C)C1=CC2=CC(Br)=C3C=C(C(C)(C)C)C=C4C(c5ccccc5)=CC(=C1)[C@]2(C)[C@@]43C. The predicted octanol–water partition coefficient (Wildman–Crippen LogP) is 9.51. The van der Waals surface area contributed by atoms with Crippen molar-refractivity contribution < 1.29 is 0 Å². The maximum atomic E-state index is 4.03. The molecule has 0 bridgehead atoms. The summed E-state index contributed by atoms with van der Waals surface area (Å²) in [6.07, 6.45) is 14.8. The molecule has 0 saturated carbocycles. The lowest BCUT2D eigenvalue weighted by Crippen LogP contribution is -2.49. The molecule has 0 saturated heterocycles. The number of halogens is 1. The second-order valence-electron chi connectivity index (χ2n) is 12.4. The highest BCUT2D eigenvalue weighted by Crippen LogP contribution is 2.70. The van der Waals surface area contributed by atoms with Crippen molar-refractivity contribution in [3.8, 4) is 0 Å². The second-order valence-corrected chi connectivity index (χ2v) is 13.2. The summed E-state index contributed by atoms with van der Waals surface area (Å²) >= 11 is 4.03. The Kier molecular flexibility index (Phi) is 4.77. The Labute approximate surface area is 208 Å². The zero-order chi connectivity index (χ0) is 24.0. The molecule has 1 aromatic rings. The number of allylic oxidation sites excluding steroid dienone is 14. The molecule has 1 heteroatoms. The number of hydrogen-bond acceptors (Lipinski definition) is 0. The molecule has 0 N–H and O–H groups in total. The van der Waals surface area contributed by atoms with E-state index in [0.717, 1.165) is 0 Å². The van der Waals surface area contributed by atoms with Gasteiger partial charge in [0.2, 0.25) is 0 Å². The molecule has 4 aliphatic rings. The molecule has 0 amide bonds. The smallest absolute Gasteiger partial charge is 0.0326 e. The average Bonchev–Trinajstić information content (AvgIpc) is 2.72. The minimum absolute atomic E-state index is 0.0727. The van der Waals surface area contributed by atoms with Gasteiger partial charge < -0.3 is 0 Å². The molecule has 0 fully saturated rings. The van der Waals surface area contributed by atoms with Crippen molar-refractivity contribution in [3.05, 3.63) is 110 Å². The van der Waals surface area contributed by atoms with Gasteiger partial charge in [-0.1, -0.05) is 126 Å². The van der Waals surface area contributed by atoms with Gasteiger partial charge in [-0.2, -0.15) is 0 Å². The molecular formula is C32H35Br. The maximum Gasteiger partial charge on any atom is 0.0326 e. The zero-order valence-electron chi connectivity index (χ0n) is 21.2. The molecule has 0 aliphatic heterocycles. The van der Waals surface area contributed by atoms with E-state index in [9.17, 15) is 0 Å². The van der Waals surface area contributed by atoms with Crippen LogP contribution >= 0.6 is 15.9 Å². The first-order valence-corrected chi connectivity index (χ1v) is 12.9. The summed E-state index contributed by atoms with van der Waals surface area (Å²) in [5.41, 5.74) is 11.0. The summed E-state index contributed by atoms with van der Waals surface area (Å²) in [5, 5.41) is 0. The molecule has 170 valence electrons. The largest absolute Gasteiger partial charge is 0.0622 e. The molecule has 4 aliphatic carbocycles. The number of benzene rings is 1. The van der Waals surface area contributed by atoms with Gasteiger partial charge >= 0.3 is 0 Å². The van der Waals surface area contributed by atoms with Crippen LogP contribution in [0, 0.1) is 21.7 Å². The van der Waals surface area contributed by atoms with E-state index < -0.39 is 0 Å². The molecule has 0 spiro atoms. The third-order valence-corrected chi connectivity index (χ3v) is 9.06. The highest BCUT2D eigenvalue weighted by molar-refractivity contribution is 9.11. The van der Waals surface area contributed by atoms with Gasteiger partial charge in [0.15, 0.2) is 0 Å². The fraction of sp³-hybridized carbons (Fsp3) is 0.375. The lowest BCUT2D eigenvalue weighted by molar-refractivity contribution is 0.247. The van der Waals surface area contributed by atoms with Crippen LogP contribution in [0.3, 0.4) is 0 Å². The molecular weight excluding hydrogens is 464 g/mol. The van der Waals surface area contributed by atoms with Gasteiger partial charge in [-0.05, 0) is 67.6 Å². The summed E-state index contributed by atoms with van der Waals surface area (Å²) in [7, 11) is 0. The molecule has 2 atom stereocenters. The van der Waals surface area contributed by atoms with Crippen molar-refractivity contribution in [1.82, 2.24) is 0 Å². The monoisotopic (exact) mass is 498 g/mol. The number of hydrogen-bond donors (Lipinski definition) is 0. The van der Waals surface area contributed by atoms with Crippen LogP contribution in [0.1, 0.15) is 61.0 Å². The van der Waals surface area contributed by atoms with E-state index >= 15 is 0 Å². The van der Waals surface area contributed by atoms with Crippen LogP contribution in [0.5, 0.6) is 0 Å². The molecule has 0 radical (unpaired) electrons. The fourth-order valence-electron chi connectivity index (χ4n) is 5.93. The zero-order valence-corrected chi connectivity index (χ0v) is 22.8. The van der Waals surface area contributed by atoms with E-state index in [0.29, 0.717) is 0 Å². The summed E-state index contributed by atoms with van der Waals surface area (Å²) in [4.78, 5) is 0. The van der Waals surface area contributed by atoms with Crippen LogP contribution in [0.15, 0.2) is 105 Å². The topological polar surface area (TPSA) is 0 Å². The second kappa shape index (κ2) is 6.95. The van der Waals surface area contributed by atoms with Crippen molar-refractivity contribution in [3.63, 3.8) is 0 Å². The Balaban J connectivity index is 1.92. The van der Waals surface area contributed by atoms with Crippen molar-refractivity contribution in [2.24, 2.45) is 21.7 Å². The maximum absolute atomic E-state index is 4.03. The average molecular weight is 500 g/mol. The third kappa shape index (κ3) is 3.08. The third-order valence-electron chi connectivity index (χ3n) is 8.40. The summed E-state index contributed by atoms with van der Waals surface area (Å²) in [6.45, 7) is 18.8. The van der Waals surface area contributed by atoms with Crippen molar-refractivity contribution >= 4 is 21.5 Å². The predicted molar refractivity (Wildman–Crippen MR) is 146 cm³/mol. The highest BCUT2D eigenvalue weighted by atomic mass is 79.9. The molecule has 5 rings (SSSR count). The van der Waals surface area contributed by atoms with E-state index in [4.69, 9.17) is 0 Å². The van der Waals surface area contributed by atoms with E-state index in [2.05, 4.69) is 138 Å². The van der Waals surface area contributed by atoms with Gasteiger partial charge in [0, 0.05) is 15.3 Å². The fourth-order valence-corrected chi connectivity index (χ4v) is 6.69. The van der Waals surface area contributed by atoms with Crippen LogP contribution in [0.4, 0.5) is 0 Å². The molecule has 33 heavy (non-hydrogen) atoms. The summed E-state index contributed by atoms with van der Waals surface area (Å²) in [6, 6.07) is 10.9. The van der Waals surface area contributed by atoms with Gasteiger partial charge in [0.1, 0.15) is 0 Å². The first kappa shape index (κ1) is 22.7. The molecule has 0 aromatic heterocycles. The quantitative estimate of drug-likeness (QED) is 0.361. The van der Waals surface area contributed by atoms with Gasteiger partial charge in [0.05, 0.1) is 0 Å². The molecule has 1 aromatic carbocycles. The van der Waals surface area contributed by atoms with Crippen molar-refractivity contribution in [2.45, 2.75) is 55.4 Å². The van der Waals surface area contributed by atoms with Crippen molar-refractivity contribution in [2.75, 3.05) is 0 Å². The lowest BCUT2D eigenvalue weighted by Gasteiger charge is -2.59. The Bertz CT molecular complexity index is 1270. The van der Waals surface area contributed by atoms with Gasteiger partial charge in [0.25, 0.3) is 0 Å². The minimum Gasteiger partial charge on any atom is -0.0622 e. The highest BCUT2D eigenvalue weighted by Gasteiger charge is 2.59. The standard InChI is InChI=1S/C32H35Br/c1-29(2,3)21-14-23-16-25(20-12-10-9-11-13-20)26-17-22(30(4,5)6)18-27-28(33)19-24(15-21)31(23,7)32(26,27)8/h9-19H,1-8H3/t31-,32-/m0/s1. The Morgan fingerprint density at radius 2 is 1.21 bits per heavy atom. The Morgan fingerprint density at radius 3 is 1.82 bits per heavy atom. The van der Waals surface area contributed by atoms with Gasteiger partial charge in [-0.25, -0.2) is 0 Å². The van der Waals surface area contributed by atoms with E-state index in [1.807, 2.05) is 0 Å². The Morgan fingerprint density at radius 1 is 0.636 bits per heavy atom. The van der Waals surface area contributed by atoms with Crippen LogP contribution in [0.25, 0.3) is 5.57 Å². The Hall–Kier alpha value is -2.12. The summed E-state index contributed by atoms with van der Waals surface area (Å²) < 4.78 is 1.21. The first-order valence-electron chi connectivity index (χ1n) is 12.1. The first-order chi connectivity index (χ1) is 15.3. The van der Waals surface area contributed by atoms with Crippen LogP contribution in [-0.4, -0.2) is 0 Å². The van der Waals surface area contributed by atoms with Crippen LogP contribution in [0.2, 0.25) is 0 Å². The number of rotatable bonds is 1. The minimum atomic E-state index is -0.156. The normalized spacial score (nSPS) is 28.8. The summed E-state index contributed by atoms with van der Waals surface area (Å²) in [5.74, 6) is 0. The van der Waals surface area contributed by atoms with Gasteiger partial charge in [-0.15, -0.1) is 0 Å². The van der Waals surface area contributed by atoms with Gasteiger partial charge in [-0.3, -0.25) is 0 Å². The van der Waals surface area contributed by atoms with Crippen LogP contribution in [-0.2, 0) is 0 Å². The molecule has 0 unspecified atom stereocenters. The molecule has 0 heterocycles. The van der Waals surface area contributed by atoms with Crippen LogP contribution < -0.4 is 0 Å². The van der Waals surface area contributed by atoms with Crippen molar-refractivity contribution in [1.29, 1.82) is 0 Å². The van der Waals surface area contributed by atoms with E-state index in [-0.39, 0.29) is 21.7 Å². The lowest BCUT2D eigenvalue weighted by atomic mass is 9.44. The molecule has 0 nitrogen and oxygen atoms in total. The van der Waals surface area contributed by atoms with E-state index in [1.54, 1.807) is 0 Å².